The number of halogens is 2. The van der Waals surface area contributed by atoms with Gasteiger partial charge in [-0.15, -0.1) is 11.3 Å². The summed E-state index contributed by atoms with van der Waals surface area (Å²) in [5, 5.41) is 4.27. The Balaban J connectivity index is 1.68. The number of rotatable bonds is 2. The highest BCUT2D eigenvalue weighted by Gasteiger charge is 2.20. The fourth-order valence-corrected chi connectivity index (χ4v) is 3.49. The third-order valence-electron chi connectivity index (χ3n) is 3.21. The quantitative estimate of drug-likeness (QED) is 0.841. The largest absolute Gasteiger partial charge is 0.367 e. The van der Waals surface area contributed by atoms with Crippen LogP contribution in [0.1, 0.15) is 0 Å². The van der Waals surface area contributed by atoms with Crippen LogP contribution in [0.2, 0.25) is 10.2 Å². The van der Waals surface area contributed by atoms with Crippen molar-refractivity contribution < 1.29 is 0 Å². The Morgan fingerprint density at radius 1 is 1.00 bits per heavy atom. The summed E-state index contributed by atoms with van der Waals surface area (Å²) in [4.78, 5) is 8.90. The lowest BCUT2D eigenvalue weighted by atomic mass is 10.2. The van der Waals surface area contributed by atoms with Crippen LogP contribution in [0.4, 0.5) is 10.8 Å². The molecule has 1 saturated heterocycles. The Bertz CT molecular complexity index is 565. The van der Waals surface area contributed by atoms with Crippen LogP contribution in [0.15, 0.2) is 29.6 Å². The zero-order valence-electron chi connectivity index (χ0n) is 10.2. The molecule has 0 amide bonds. The fourth-order valence-electron chi connectivity index (χ4n) is 2.24. The molecule has 3 rings (SSSR count). The van der Waals surface area contributed by atoms with Crippen molar-refractivity contribution in [2.75, 3.05) is 36.0 Å². The van der Waals surface area contributed by atoms with Gasteiger partial charge in [-0.1, -0.05) is 35.3 Å². The number of hydrogen-bond acceptors (Lipinski definition) is 4. The van der Waals surface area contributed by atoms with Crippen molar-refractivity contribution in [3.05, 3.63) is 39.8 Å². The number of hydrogen-bond donors (Lipinski definition) is 0. The van der Waals surface area contributed by atoms with Gasteiger partial charge in [0.25, 0.3) is 0 Å². The van der Waals surface area contributed by atoms with Crippen molar-refractivity contribution in [1.82, 2.24) is 4.98 Å². The molecule has 19 heavy (non-hydrogen) atoms. The predicted molar refractivity (Wildman–Crippen MR) is 83.0 cm³/mol. The molecule has 0 spiro atoms. The first kappa shape index (κ1) is 13.0. The van der Waals surface area contributed by atoms with Gasteiger partial charge in [-0.2, -0.15) is 0 Å². The van der Waals surface area contributed by atoms with E-state index in [2.05, 4.69) is 20.9 Å². The van der Waals surface area contributed by atoms with E-state index in [1.165, 1.54) is 0 Å². The Hall–Kier alpha value is -0.970. The van der Waals surface area contributed by atoms with E-state index in [4.69, 9.17) is 23.2 Å². The average molecular weight is 314 g/mol. The first-order valence-corrected chi connectivity index (χ1v) is 7.73. The maximum Gasteiger partial charge on any atom is 0.186 e. The highest BCUT2D eigenvalue weighted by atomic mass is 35.5. The van der Waals surface area contributed by atoms with Crippen molar-refractivity contribution in [3.8, 4) is 0 Å². The summed E-state index contributed by atoms with van der Waals surface area (Å²) in [5.74, 6) is 0. The van der Waals surface area contributed by atoms with E-state index in [-0.39, 0.29) is 0 Å². The highest BCUT2D eigenvalue weighted by Crippen LogP contribution is 2.28. The minimum Gasteiger partial charge on any atom is -0.367 e. The van der Waals surface area contributed by atoms with Gasteiger partial charge in [-0.3, -0.25) is 0 Å². The molecule has 1 aromatic carbocycles. The summed E-state index contributed by atoms with van der Waals surface area (Å²) in [6.45, 7) is 3.77. The van der Waals surface area contributed by atoms with Crippen LogP contribution in [0, 0.1) is 0 Å². The molecule has 0 atom stereocenters. The Morgan fingerprint density at radius 2 is 1.68 bits per heavy atom. The molecule has 0 aliphatic carbocycles. The number of aromatic nitrogens is 1. The summed E-state index contributed by atoms with van der Waals surface area (Å²) in [7, 11) is 0. The second kappa shape index (κ2) is 5.57. The first-order chi connectivity index (χ1) is 9.24. The molecule has 1 aromatic heterocycles. The molecule has 100 valence electrons. The molecule has 0 N–H and O–H groups in total. The SMILES string of the molecule is Clc1csc(N2CCN(c3ccccc3Cl)CC2)n1. The van der Waals surface area contributed by atoms with Crippen LogP contribution < -0.4 is 9.80 Å². The van der Waals surface area contributed by atoms with Gasteiger partial charge in [0.1, 0.15) is 5.15 Å². The smallest absolute Gasteiger partial charge is 0.186 e. The van der Waals surface area contributed by atoms with Crippen molar-refractivity contribution in [2.45, 2.75) is 0 Å². The van der Waals surface area contributed by atoms with Gasteiger partial charge in [0.05, 0.1) is 10.7 Å². The molecule has 0 unspecified atom stereocenters. The molecular weight excluding hydrogens is 301 g/mol. The number of piperazine rings is 1. The molecule has 0 bridgehead atoms. The Kier molecular flexibility index (Phi) is 3.82. The van der Waals surface area contributed by atoms with Crippen molar-refractivity contribution in [3.63, 3.8) is 0 Å². The molecule has 6 heteroatoms. The van der Waals surface area contributed by atoms with Gasteiger partial charge in [0.2, 0.25) is 0 Å². The Labute approximate surface area is 126 Å². The molecule has 1 aliphatic heterocycles. The maximum atomic E-state index is 6.23. The number of anilines is 2. The zero-order chi connectivity index (χ0) is 13.2. The lowest BCUT2D eigenvalue weighted by Gasteiger charge is -2.36. The van der Waals surface area contributed by atoms with Crippen molar-refractivity contribution in [2.24, 2.45) is 0 Å². The molecule has 3 nitrogen and oxygen atoms in total. The second-order valence-corrected chi connectivity index (χ2v) is 6.01. The molecule has 0 saturated carbocycles. The number of thiazole rings is 1. The summed E-state index contributed by atoms with van der Waals surface area (Å²) >= 11 is 13.7. The lowest BCUT2D eigenvalue weighted by Crippen LogP contribution is -2.46. The minimum atomic E-state index is 0.577. The maximum absolute atomic E-state index is 6.23. The van der Waals surface area contributed by atoms with E-state index in [1.807, 2.05) is 23.6 Å². The third kappa shape index (κ3) is 2.81. The van der Waals surface area contributed by atoms with E-state index in [0.29, 0.717) is 5.15 Å². The van der Waals surface area contributed by atoms with Crippen LogP contribution in [0.5, 0.6) is 0 Å². The van der Waals surface area contributed by atoms with E-state index in [1.54, 1.807) is 11.3 Å². The van der Waals surface area contributed by atoms with E-state index in [0.717, 1.165) is 42.0 Å². The van der Waals surface area contributed by atoms with Gasteiger partial charge in [0.15, 0.2) is 5.13 Å². The summed E-state index contributed by atoms with van der Waals surface area (Å²) in [5.41, 5.74) is 1.11. The predicted octanol–water partition coefficient (Wildman–Crippen LogP) is 3.78. The van der Waals surface area contributed by atoms with Crippen molar-refractivity contribution in [1.29, 1.82) is 0 Å². The zero-order valence-corrected chi connectivity index (χ0v) is 12.5. The molecule has 1 aliphatic rings. The molecule has 1 fully saturated rings. The van der Waals surface area contributed by atoms with Crippen LogP contribution in [0.3, 0.4) is 0 Å². The van der Waals surface area contributed by atoms with E-state index in [9.17, 15) is 0 Å². The fraction of sp³-hybridized carbons (Fsp3) is 0.308. The Morgan fingerprint density at radius 3 is 2.32 bits per heavy atom. The summed E-state index contributed by atoms with van der Waals surface area (Å²) in [6, 6.07) is 7.98. The molecular formula is C13H13Cl2N3S. The minimum absolute atomic E-state index is 0.577. The van der Waals surface area contributed by atoms with Crippen LogP contribution in [-0.4, -0.2) is 31.2 Å². The van der Waals surface area contributed by atoms with E-state index < -0.39 is 0 Å². The second-order valence-electron chi connectivity index (χ2n) is 4.38. The van der Waals surface area contributed by atoms with Gasteiger partial charge in [-0.05, 0) is 12.1 Å². The third-order valence-corrected chi connectivity index (χ3v) is 4.75. The topological polar surface area (TPSA) is 19.4 Å². The van der Waals surface area contributed by atoms with Gasteiger partial charge < -0.3 is 9.80 Å². The summed E-state index contributed by atoms with van der Waals surface area (Å²) in [6.07, 6.45) is 0. The highest BCUT2D eigenvalue weighted by molar-refractivity contribution is 7.14. The standard InChI is InChI=1S/C13H13Cl2N3S/c14-10-3-1-2-4-11(10)17-5-7-18(8-6-17)13-16-12(15)9-19-13/h1-4,9H,5-8H2. The van der Waals surface area contributed by atoms with Crippen LogP contribution in [0.25, 0.3) is 0 Å². The first-order valence-electron chi connectivity index (χ1n) is 6.09. The average Bonchev–Trinajstić information content (AvgIpc) is 2.86. The number of nitrogens with zero attached hydrogens (tertiary/aromatic N) is 3. The van der Waals surface area contributed by atoms with Gasteiger partial charge in [0, 0.05) is 31.6 Å². The summed E-state index contributed by atoms with van der Waals surface area (Å²) < 4.78 is 0. The van der Waals surface area contributed by atoms with Crippen LogP contribution in [-0.2, 0) is 0 Å². The lowest BCUT2D eigenvalue weighted by molar-refractivity contribution is 0.652. The normalized spacial score (nSPS) is 15.9. The van der Waals surface area contributed by atoms with Gasteiger partial charge >= 0.3 is 0 Å². The van der Waals surface area contributed by atoms with Gasteiger partial charge in [-0.25, -0.2) is 4.98 Å². The monoisotopic (exact) mass is 313 g/mol. The van der Waals surface area contributed by atoms with Crippen molar-refractivity contribution >= 4 is 45.4 Å². The molecule has 2 heterocycles. The van der Waals surface area contributed by atoms with Crippen LogP contribution >= 0.6 is 34.5 Å². The molecule has 0 radical (unpaired) electrons. The number of para-hydroxylation sites is 1. The number of benzene rings is 1. The van der Waals surface area contributed by atoms with E-state index >= 15 is 0 Å². The molecule has 2 aromatic rings.